The first-order valence-electron chi connectivity index (χ1n) is 9.21. The quantitative estimate of drug-likeness (QED) is 0.740. The smallest absolute Gasteiger partial charge is 0.223 e. The van der Waals surface area contributed by atoms with E-state index in [4.69, 9.17) is 4.42 Å². The Kier molecular flexibility index (Phi) is 4.65. The van der Waals surface area contributed by atoms with E-state index < -0.39 is 0 Å². The molecular formula is C20H24N4O2. The average Bonchev–Trinajstić information content (AvgIpc) is 3.31. The average molecular weight is 352 g/mol. The Morgan fingerprint density at radius 3 is 2.85 bits per heavy atom. The van der Waals surface area contributed by atoms with E-state index in [2.05, 4.69) is 20.2 Å². The van der Waals surface area contributed by atoms with Crippen LogP contribution in [0.3, 0.4) is 0 Å². The zero-order valence-electron chi connectivity index (χ0n) is 14.9. The molecule has 1 saturated heterocycles. The van der Waals surface area contributed by atoms with Crippen molar-refractivity contribution >= 4 is 22.9 Å². The predicted octanol–water partition coefficient (Wildman–Crippen LogP) is 3.12. The van der Waals surface area contributed by atoms with E-state index in [1.54, 1.807) is 6.26 Å². The number of hydrogen-bond acceptors (Lipinski definition) is 4. The standard InChI is InChI=1S/C20H24N4O2/c1-14(13-16-5-4-12-26-16)21-19(25)15-8-10-24(11-9-15)20-22-17-6-2-3-7-18(17)23-20/h2-7,12,14-15H,8-11,13H2,1H3,(H,21,25)(H,22,23)/t14-/m0/s1. The molecule has 1 aliphatic rings. The Balaban J connectivity index is 1.30. The molecule has 0 unspecified atom stereocenters. The number of amides is 1. The molecule has 4 rings (SSSR count). The molecule has 26 heavy (non-hydrogen) atoms. The van der Waals surface area contributed by atoms with Crippen LogP contribution in [0.4, 0.5) is 5.95 Å². The Bertz CT molecular complexity index is 830. The Morgan fingerprint density at radius 2 is 2.12 bits per heavy atom. The molecule has 1 fully saturated rings. The van der Waals surface area contributed by atoms with Crippen LogP contribution in [0.15, 0.2) is 47.1 Å². The zero-order valence-corrected chi connectivity index (χ0v) is 14.9. The van der Waals surface area contributed by atoms with Crippen molar-refractivity contribution in [3.63, 3.8) is 0 Å². The van der Waals surface area contributed by atoms with Gasteiger partial charge in [-0.2, -0.15) is 0 Å². The van der Waals surface area contributed by atoms with Crippen molar-refractivity contribution in [1.29, 1.82) is 0 Å². The van der Waals surface area contributed by atoms with Crippen molar-refractivity contribution in [2.45, 2.75) is 32.2 Å². The van der Waals surface area contributed by atoms with Crippen LogP contribution in [0, 0.1) is 5.92 Å². The van der Waals surface area contributed by atoms with Gasteiger partial charge in [-0.1, -0.05) is 12.1 Å². The van der Waals surface area contributed by atoms with Gasteiger partial charge in [0.15, 0.2) is 0 Å². The number of para-hydroxylation sites is 2. The van der Waals surface area contributed by atoms with Crippen LogP contribution < -0.4 is 10.2 Å². The molecule has 136 valence electrons. The van der Waals surface area contributed by atoms with Gasteiger partial charge in [-0.3, -0.25) is 4.79 Å². The van der Waals surface area contributed by atoms with E-state index >= 15 is 0 Å². The summed E-state index contributed by atoms with van der Waals surface area (Å²) in [6.07, 6.45) is 4.07. The molecule has 0 radical (unpaired) electrons. The van der Waals surface area contributed by atoms with Gasteiger partial charge in [0.05, 0.1) is 17.3 Å². The van der Waals surface area contributed by atoms with Crippen LogP contribution >= 0.6 is 0 Å². The second kappa shape index (κ2) is 7.23. The molecule has 1 amide bonds. The minimum absolute atomic E-state index is 0.0645. The number of imidazole rings is 1. The van der Waals surface area contributed by atoms with E-state index in [1.807, 2.05) is 43.3 Å². The minimum atomic E-state index is 0.0645. The summed E-state index contributed by atoms with van der Waals surface area (Å²) in [5.74, 6) is 2.01. The highest BCUT2D eigenvalue weighted by Gasteiger charge is 2.27. The normalized spacial score (nSPS) is 16.7. The predicted molar refractivity (Wildman–Crippen MR) is 101 cm³/mol. The van der Waals surface area contributed by atoms with Crippen molar-refractivity contribution in [2.75, 3.05) is 18.0 Å². The Hall–Kier alpha value is -2.76. The van der Waals surface area contributed by atoms with Gasteiger partial charge in [0.2, 0.25) is 11.9 Å². The first-order chi connectivity index (χ1) is 12.7. The van der Waals surface area contributed by atoms with Gasteiger partial charge in [0, 0.05) is 31.5 Å². The fraction of sp³-hybridized carbons (Fsp3) is 0.400. The van der Waals surface area contributed by atoms with Crippen LogP contribution in [-0.4, -0.2) is 35.0 Å². The van der Waals surface area contributed by atoms with Gasteiger partial charge in [0.1, 0.15) is 5.76 Å². The molecule has 1 aliphatic heterocycles. The van der Waals surface area contributed by atoms with E-state index in [0.29, 0.717) is 0 Å². The molecular weight excluding hydrogens is 328 g/mol. The van der Waals surface area contributed by atoms with Gasteiger partial charge in [-0.15, -0.1) is 0 Å². The van der Waals surface area contributed by atoms with Crippen molar-refractivity contribution < 1.29 is 9.21 Å². The lowest BCUT2D eigenvalue weighted by molar-refractivity contribution is -0.126. The van der Waals surface area contributed by atoms with Crippen LogP contribution in [0.5, 0.6) is 0 Å². The van der Waals surface area contributed by atoms with E-state index in [9.17, 15) is 4.79 Å². The molecule has 6 heteroatoms. The molecule has 1 atom stereocenters. The summed E-state index contributed by atoms with van der Waals surface area (Å²) in [5.41, 5.74) is 2.03. The number of benzene rings is 1. The highest BCUT2D eigenvalue weighted by atomic mass is 16.3. The topological polar surface area (TPSA) is 74.2 Å². The third-order valence-corrected chi connectivity index (χ3v) is 5.02. The number of anilines is 1. The van der Waals surface area contributed by atoms with Crippen LogP contribution in [0.25, 0.3) is 11.0 Å². The van der Waals surface area contributed by atoms with Gasteiger partial charge >= 0.3 is 0 Å². The van der Waals surface area contributed by atoms with Crippen LogP contribution in [-0.2, 0) is 11.2 Å². The molecule has 3 heterocycles. The Labute approximate surface area is 152 Å². The number of aromatic amines is 1. The maximum absolute atomic E-state index is 12.5. The molecule has 0 saturated carbocycles. The maximum Gasteiger partial charge on any atom is 0.223 e. The molecule has 0 bridgehead atoms. The van der Waals surface area contributed by atoms with Gasteiger partial charge in [-0.25, -0.2) is 4.98 Å². The summed E-state index contributed by atoms with van der Waals surface area (Å²) in [5, 5.41) is 3.12. The molecule has 0 spiro atoms. The summed E-state index contributed by atoms with van der Waals surface area (Å²) in [4.78, 5) is 22.8. The van der Waals surface area contributed by atoms with E-state index in [0.717, 1.165) is 55.1 Å². The highest BCUT2D eigenvalue weighted by molar-refractivity contribution is 5.80. The number of nitrogens with zero attached hydrogens (tertiary/aromatic N) is 2. The number of H-pyrrole nitrogens is 1. The number of piperidine rings is 1. The van der Waals surface area contributed by atoms with E-state index in [1.165, 1.54) is 0 Å². The number of aromatic nitrogens is 2. The third kappa shape index (κ3) is 3.59. The number of rotatable bonds is 5. The lowest BCUT2D eigenvalue weighted by Gasteiger charge is -2.31. The molecule has 6 nitrogen and oxygen atoms in total. The second-order valence-corrected chi connectivity index (χ2v) is 7.03. The van der Waals surface area contributed by atoms with Crippen molar-refractivity contribution in [2.24, 2.45) is 5.92 Å². The maximum atomic E-state index is 12.5. The largest absolute Gasteiger partial charge is 0.469 e. The summed E-state index contributed by atoms with van der Waals surface area (Å²) in [6, 6.07) is 11.9. The lowest BCUT2D eigenvalue weighted by atomic mass is 9.95. The molecule has 0 aliphatic carbocycles. The third-order valence-electron chi connectivity index (χ3n) is 5.02. The van der Waals surface area contributed by atoms with Gasteiger partial charge < -0.3 is 19.6 Å². The molecule has 1 aromatic carbocycles. The first-order valence-corrected chi connectivity index (χ1v) is 9.21. The SMILES string of the molecule is C[C@@H](Cc1ccco1)NC(=O)C1CCN(c2nc3ccccc3[nH]2)CC1. The zero-order chi connectivity index (χ0) is 17.9. The van der Waals surface area contributed by atoms with Crippen LogP contribution in [0.1, 0.15) is 25.5 Å². The summed E-state index contributed by atoms with van der Waals surface area (Å²) in [6.45, 7) is 3.69. The minimum Gasteiger partial charge on any atom is -0.469 e. The fourth-order valence-electron chi connectivity index (χ4n) is 3.58. The molecule has 2 aromatic heterocycles. The molecule has 3 aromatic rings. The summed E-state index contributed by atoms with van der Waals surface area (Å²) >= 11 is 0. The van der Waals surface area contributed by atoms with Crippen molar-refractivity contribution in [1.82, 2.24) is 15.3 Å². The molecule has 2 N–H and O–H groups in total. The number of carbonyl (C=O) groups excluding carboxylic acids is 1. The summed E-state index contributed by atoms with van der Waals surface area (Å²) < 4.78 is 5.35. The lowest BCUT2D eigenvalue weighted by Crippen LogP contribution is -2.43. The van der Waals surface area contributed by atoms with Crippen LogP contribution in [0.2, 0.25) is 0 Å². The monoisotopic (exact) mass is 352 g/mol. The van der Waals surface area contributed by atoms with Gasteiger partial charge in [0.25, 0.3) is 0 Å². The highest BCUT2D eigenvalue weighted by Crippen LogP contribution is 2.23. The van der Waals surface area contributed by atoms with Crippen molar-refractivity contribution in [3.05, 3.63) is 48.4 Å². The fourth-order valence-corrected chi connectivity index (χ4v) is 3.58. The van der Waals surface area contributed by atoms with E-state index in [-0.39, 0.29) is 17.9 Å². The Morgan fingerprint density at radius 1 is 1.31 bits per heavy atom. The summed E-state index contributed by atoms with van der Waals surface area (Å²) in [7, 11) is 0. The van der Waals surface area contributed by atoms with Crippen molar-refractivity contribution in [3.8, 4) is 0 Å². The second-order valence-electron chi connectivity index (χ2n) is 7.03. The first kappa shape index (κ1) is 16.7. The number of carbonyl (C=O) groups is 1. The number of nitrogens with one attached hydrogen (secondary N) is 2. The number of furan rings is 1. The number of fused-ring (bicyclic) bond motifs is 1. The number of hydrogen-bond donors (Lipinski definition) is 2. The van der Waals surface area contributed by atoms with Gasteiger partial charge in [-0.05, 0) is 44.0 Å².